The molecule has 5 heteroatoms. The fourth-order valence-corrected chi connectivity index (χ4v) is 2.65. The van der Waals surface area contributed by atoms with E-state index in [-0.39, 0.29) is 0 Å². The summed E-state index contributed by atoms with van der Waals surface area (Å²) >= 11 is 1.48. The molecule has 0 aromatic heterocycles. The summed E-state index contributed by atoms with van der Waals surface area (Å²) in [5.74, 6) is -3.89. The van der Waals surface area contributed by atoms with Gasteiger partial charge in [-0.15, -0.1) is 0 Å². The van der Waals surface area contributed by atoms with Crippen molar-refractivity contribution in [1.29, 1.82) is 0 Å². The van der Waals surface area contributed by atoms with E-state index in [1.54, 1.807) is 0 Å². The number of aliphatic carboxylic acids is 1. The molecule has 0 aliphatic carbocycles. The highest BCUT2D eigenvalue weighted by atomic mass is 32.2. The van der Waals surface area contributed by atoms with Crippen molar-refractivity contribution in [3.8, 4) is 0 Å². The highest BCUT2D eigenvalue weighted by Gasteiger charge is 2.41. The van der Waals surface area contributed by atoms with Crippen LogP contribution >= 0.6 is 11.8 Å². The van der Waals surface area contributed by atoms with Crippen LogP contribution in [-0.4, -0.2) is 28.5 Å². The monoisotopic (exact) mass is 210 g/mol. The zero-order valence-electron chi connectivity index (χ0n) is 7.13. The first kappa shape index (κ1) is 10.8. The lowest BCUT2D eigenvalue weighted by molar-refractivity contribution is -0.148. The number of hydrogen-bond acceptors (Lipinski definition) is 2. The fourth-order valence-electron chi connectivity index (χ4n) is 1.42. The number of carboxylic acids is 1. The Labute approximate surface area is 79.7 Å². The van der Waals surface area contributed by atoms with Crippen molar-refractivity contribution in [2.24, 2.45) is 5.92 Å². The smallest absolute Gasteiger partial charge is 0.309 e. The molecule has 1 rings (SSSR count). The van der Waals surface area contributed by atoms with Gasteiger partial charge in [-0.05, 0) is 18.6 Å². The topological polar surface area (TPSA) is 37.3 Å². The fraction of sp³-hybridized carbons (Fsp3) is 0.875. The molecule has 0 spiro atoms. The number of halogens is 2. The van der Waals surface area contributed by atoms with Crippen LogP contribution in [0.3, 0.4) is 0 Å². The third kappa shape index (κ3) is 3.14. The Hall–Kier alpha value is -0.320. The van der Waals surface area contributed by atoms with Crippen LogP contribution in [0.5, 0.6) is 0 Å². The van der Waals surface area contributed by atoms with E-state index >= 15 is 0 Å². The van der Waals surface area contributed by atoms with Gasteiger partial charge in [-0.1, -0.05) is 0 Å². The van der Waals surface area contributed by atoms with Gasteiger partial charge in [0.25, 0.3) is 5.92 Å². The number of thioether (sulfide) groups is 1. The minimum Gasteiger partial charge on any atom is -0.481 e. The molecule has 1 N–H and O–H groups in total. The zero-order chi connectivity index (χ0) is 9.90. The van der Waals surface area contributed by atoms with Crippen molar-refractivity contribution in [3.05, 3.63) is 0 Å². The van der Waals surface area contributed by atoms with Gasteiger partial charge >= 0.3 is 5.97 Å². The van der Waals surface area contributed by atoms with Gasteiger partial charge in [-0.25, -0.2) is 8.78 Å². The Kier molecular flexibility index (Phi) is 3.53. The van der Waals surface area contributed by atoms with Gasteiger partial charge in [0.15, 0.2) is 0 Å². The summed E-state index contributed by atoms with van der Waals surface area (Å²) in [5, 5.41) is 8.29. The summed E-state index contributed by atoms with van der Waals surface area (Å²) in [4.78, 5) is 10.2. The first-order valence-electron chi connectivity index (χ1n) is 4.20. The summed E-state index contributed by atoms with van der Waals surface area (Å²) in [7, 11) is 0. The van der Waals surface area contributed by atoms with Crippen LogP contribution in [0.1, 0.15) is 19.3 Å². The molecule has 1 aliphatic rings. The van der Waals surface area contributed by atoms with Crippen LogP contribution in [0, 0.1) is 5.92 Å². The lowest BCUT2D eigenvalue weighted by atomic mass is 9.95. The Balaban J connectivity index is 2.50. The highest BCUT2D eigenvalue weighted by Crippen LogP contribution is 2.37. The first-order chi connectivity index (χ1) is 6.02. The molecule has 0 radical (unpaired) electrons. The van der Waals surface area contributed by atoms with Crippen LogP contribution in [0.2, 0.25) is 0 Å². The molecule has 1 aliphatic heterocycles. The van der Waals surface area contributed by atoms with Crippen LogP contribution < -0.4 is 0 Å². The van der Waals surface area contributed by atoms with Gasteiger partial charge in [-0.2, -0.15) is 11.8 Å². The van der Waals surface area contributed by atoms with Gasteiger partial charge in [0, 0.05) is 11.7 Å². The number of carboxylic acid groups (broad SMARTS) is 1. The average molecular weight is 210 g/mol. The van der Waals surface area contributed by atoms with Crippen molar-refractivity contribution < 1.29 is 18.7 Å². The Morgan fingerprint density at radius 2 is 2.31 bits per heavy atom. The van der Waals surface area contributed by atoms with E-state index in [0.29, 0.717) is 12.2 Å². The molecule has 1 saturated heterocycles. The summed E-state index contributed by atoms with van der Waals surface area (Å²) in [6.45, 7) is 0. The Morgan fingerprint density at radius 3 is 2.77 bits per heavy atom. The third-order valence-electron chi connectivity index (χ3n) is 2.14. The zero-order valence-corrected chi connectivity index (χ0v) is 7.95. The second-order valence-electron chi connectivity index (χ2n) is 3.25. The molecule has 1 heterocycles. The minimum absolute atomic E-state index is 0.389. The van der Waals surface area contributed by atoms with Crippen LogP contribution in [0.4, 0.5) is 8.78 Å². The maximum atomic E-state index is 13.2. The van der Waals surface area contributed by atoms with E-state index in [2.05, 4.69) is 0 Å². The van der Waals surface area contributed by atoms with Gasteiger partial charge in [0.1, 0.15) is 6.42 Å². The summed E-state index contributed by atoms with van der Waals surface area (Å²) < 4.78 is 26.3. The molecule has 0 aromatic rings. The second-order valence-corrected chi connectivity index (χ2v) is 4.40. The minimum atomic E-state index is -3.03. The highest BCUT2D eigenvalue weighted by molar-refractivity contribution is 7.99. The number of carbonyl (C=O) groups is 1. The van der Waals surface area contributed by atoms with Crippen molar-refractivity contribution in [3.63, 3.8) is 0 Å². The number of alkyl halides is 2. The lowest BCUT2D eigenvalue weighted by Gasteiger charge is -2.28. The average Bonchev–Trinajstić information content (AvgIpc) is 2.04. The van der Waals surface area contributed by atoms with E-state index in [0.717, 1.165) is 12.2 Å². The van der Waals surface area contributed by atoms with E-state index in [9.17, 15) is 13.6 Å². The van der Waals surface area contributed by atoms with Crippen molar-refractivity contribution in [2.45, 2.75) is 25.2 Å². The lowest BCUT2D eigenvalue weighted by Crippen LogP contribution is -2.34. The molecule has 76 valence electrons. The van der Waals surface area contributed by atoms with Crippen molar-refractivity contribution >= 4 is 17.7 Å². The molecule has 0 amide bonds. The maximum absolute atomic E-state index is 13.2. The van der Waals surface area contributed by atoms with E-state index in [1.165, 1.54) is 11.8 Å². The molecular weight excluding hydrogens is 198 g/mol. The van der Waals surface area contributed by atoms with Crippen molar-refractivity contribution in [2.75, 3.05) is 11.5 Å². The summed E-state index contributed by atoms with van der Waals surface area (Å²) in [6.07, 6.45) is 0.191. The summed E-state index contributed by atoms with van der Waals surface area (Å²) in [6, 6.07) is 0. The third-order valence-corrected chi connectivity index (χ3v) is 3.36. The SMILES string of the molecule is O=C(O)CC(F)(F)C1CCCSC1. The van der Waals surface area contributed by atoms with Crippen molar-refractivity contribution in [1.82, 2.24) is 0 Å². The molecule has 1 fully saturated rings. The Morgan fingerprint density at radius 1 is 1.62 bits per heavy atom. The van der Waals surface area contributed by atoms with Gasteiger partial charge in [-0.3, -0.25) is 4.79 Å². The molecular formula is C8H12F2O2S. The Bertz CT molecular complexity index is 191. The standard InChI is InChI=1S/C8H12F2O2S/c9-8(10,4-7(11)12)6-2-1-3-13-5-6/h6H,1-5H2,(H,11,12). The normalized spacial score (nSPS) is 24.3. The maximum Gasteiger partial charge on any atom is 0.309 e. The second kappa shape index (κ2) is 4.26. The molecule has 1 atom stereocenters. The number of rotatable bonds is 3. The van der Waals surface area contributed by atoms with Crippen LogP contribution in [0.25, 0.3) is 0 Å². The quantitative estimate of drug-likeness (QED) is 0.776. The molecule has 1 unspecified atom stereocenters. The number of hydrogen-bond donors (Lipinski definition) is 1. The molecule has 0 aromatic carbocycles. The molecule has 2 nitrogen and oxygen atoms in total. The van der Waals surface area contributed by atoms with E-state index in [4.69, 9.17) is 5.11 Å². The van der Waals surface area contributed by atoms with Gasteiger partial charge < -0.3 is 5.11 Å². The molecule has 13 heavy (non-hydrogen) atoms. The largest absolute Gasteiger partial charge is 0.481 e. The van der Waals surface area contributed by atoms with E-state index < -0.39 is 24.2 Å². The van der Waals surface area contributed by atoms with Crippen LogP contribution in [0.15, 0.2) is 0 Å². The molecule has 0 saturated carbocycles. The van der Waals surface area contributed by atoms with E-state index in [1.807, 2.05) is 0 Å². The molecule has 0 bridgehead atoms. The van der Waals surface area contributed by atoms with Crippen LogP contribution in [-0.2, 0) is 4.79 Å². The first-order valence-corrected chi connectivity index (χ1v) is 5.35. The predicted molar refractivity (Wildman–Crippen MR) is 47.2 cm³/mol. The predicted octanol–water partition coefficient (Wildman–Crippen LogP) is 2.24. The van der Waals surface area contributed by atoms with Gasteiger partial charge in [0.05, 0.1) is 0 Å². The summed E-state index contributed by atoms with van der Waals surface area (Å²) in [5.41, 5.74) is 0. The van der Waals surface area contributed by atoms with Gasteiger partial charge in [0.2, 0.25) is 0 Å².